The Hall–Kier alpha value is -1.76. The molecule has 2 fully saturated rings. The van der Waals surface area contributed by atoms with Crippen LogP contribution in [0.25, 0.3) is 0 Å². The van der Waals surface area contributed by atoms with Gasteiger partial charge < -0.3 is 4.74 Å². The lowest BCUT2D eigenvalue weighted by Gasteiger charge is -2.25. The van der Waals surface area contributed by atoms with Gasteiger partial charge in [-0.3, -0.25) is 0 Å². The van der Waals surface area contributed by atoms with Gasteiger partial charge in [-0.25, -0.2) is 19.3 Å². The van der Waals surface area contributed by atoms with Crippen LogP contribution in [0, 0.1) is 5.92 Å². The molecule has 2 aromatic heterocycles. The zero-order valence-corrected chi connectivity index (χ0v) is 14.2. The van der Waals surface area contributed by atoms with Crippen LogP contribution in [0.2, 0.25) is 0 Å². The molecule has 0 radical (unpaired) electrons. The minimum Gasteiger partial charge on any atom is -0.370 e. The number of hydrogen-bond donors (Lipinski definition) is 0. The van der Waals surface area contributed by atoms with Crippen molar-refractivity contribution < 1.29 is 4.74 Å². The standard InChI is InChI=1S/C17H26N6O/c1-2-6-14(7-3-1)10-23-17(15-8-4-5-9-24-15)20-16(21-23)11-22-13-18-12-19-22/h12-15H,1-11H2. The van der Waals surface area contributed by atoms with Crippen molar-refractivity contribution in [1.82, 2.24) is 29.5 Å². The third kappa shape index (κ3) is 3.66. The predicted octanol–water partition coefficient (Wildman–Crippen LogP) is 2.74. The summed E-state index contributed by atoms with van der Waals surface area (Å²) >= 11 is 0. The van der Waals surface area contributed by atoms with Crippen LogP contribution in [0.3, 0.4) is 0 Å². The molecular formula is C17H26N6O. The highest BCUT2D eigenvalue weighted by molar-refractivity contribution is 4.99. The first-order valence-corrected chi connectivity index (χ1v) is 9.26. The molecule has 1 unspecified atom stereocenters. The molecule has 0 aromatic carbocycles. The van der Waals surface area contributed by atoms with Gasteiger partial charge in [0.1, 0.15) is 25.3 Å². The van der Waals surface area contributed by atoms with E-state index >= 15 is 0 Å². The van der Waals surface area contributed by atoms with Crippen LogP contribution in [0.4, 0.5) is 0 Å². The topological polar surface area (TPSA) is 70.7 Å². The molecule has 3 heterocycles. The normalized spacial score (nSPS) is 22.8. The van der Waals surface area contributed by atoms with Gasteiger partial charge in [-0.15, -0.1) is 0 Å². The first kappa shape index (κ1) is 15.7. The number of rotatable bonds is 5. The second-order valence-electron chi connectivity index (χ2n) is 7.02. The van der Waals surface area contributed by atoms with Crippen molar-refractivity contribution in [3.05, 3.63) is 24.3 Å². The summed E-state index contributed by atoms with van der Waals surface area (Å²) in [7, 11) is 0. The van der Waals surface area contributed by atoms with E-state index in [1.54, 1.807) is 17.3 Å². The van der Waals surface area contributed by atoms with Gasteiger partial charge >= 0.3 is 0 Å². The van der Waals surface area contributed by atoms with Crippen molar-refractivity contribution in [3.63, 3.8) is 0 Å². The molecule has 1 aliphatic heterocycles. The second-order valence-corrected chi connectivity index (χ2v) is 7.02. The predicted molar refractivity (Wildman–Crippen MR) is 88.3 cm³/mol. The smallest absolute Gasteiger partial charge is 0.172 e. The average molecular weight is 330 g/mol. The fourth-order valence-corrected chi connectivity index (χ4v) is 3.86. The summed E-state index contributed by atoms with van der Waals surface area (Å²) in [5.41, 5.74) is 0. The van der Waals surface area contributed by atoms with Gasteiger partial charge in [-0.05, 0) is 38.0 Å². The monoisotopic (exact) mass is 330 g/mol. The zero-order valence-electron chi connectivity index (χ0n) is 14.2. The highest BCUT2D eigenvalue weighted by Crippen LogP contribution is 2.29. The summed E-state index contributed by atoms with van der Waals surface area (Å²) in [6.45, 7) is 2.37. The van der Waals surface area contributed by atoms with Gasteiger partial charge in [-0.2, -0.15) is 10.2 Å². The van der Waals surface area contributed by atoms with E-state index in [-0.39, 0.29) is 6.10 Å². The molecule has 1 aliphatic carbocycles. The quantitative estimate of drug-likeness (QED) is 0.843. The molecule has 1 atom stereocenters. The Labute approximate surface area is 142 Å². The van der Waals surface area contributed by atoms with Crippen molar-refractivity contribution in [2.45, 2.75) is 70.6 Å². The summed E-state index contributed by atoms with van der Waals surface area (Å²) < 4.78 is 9.88. The number of ether oxygens (including phenoxy) is 1. The Morgan fingerprint density at radius 2 is 1.96 bits per heavy atom. The van der Waals surface area contributed by atoms with Crippen molar-refractivity contribution >= 4 is 0 Å². The van der Waals surface area contributed by atoms with Crippen molar-refractivity contribution in [1.29, 1.82) is 0 Å². The van der Waals surface area contributed by atoms with E-state index in [0.29, 0.717) is 6.54 Å². The maximum Gasteiger partial charge on any atom is 0.172 e. The first-order chi connectivity index (χ1) is 11.9. The minimum absolute atomic E-state index is 0.0966. The molecule has 1 saturated carbocycles. The molecule has 1 saturated heterocycles. The number of nitrogens with zero attached hydrogens (tertiary/aromatic N) is 6. The van der Waals surface area contributed by atoms with Crippen LogP contribution in [-0.4, -0.2) is 36.1 Å². The fraction of sp³-hybridized carbons (Fsp3) is 0.765. The first-order valence-electron chi connectivity index (χ1n) is 9.26. The molecule has 2 aliphatic rings. The van der Waals surface area contributed by atoms with Gasteiger partial charge in [-0.1, -0.05) is 19.3 Å². The summed E-state index contributed by atoms with van der Waals surface area (Å²) in [6.07, 6.45) is 13.4. The van der Waals surface area contributed by atoms with Crippen molar-refractivity contribution in [3.8, 4) is 0 Å². The fourth-order valence-electron chi connectivity index (χ4n) is 3.86. The highest BCUT2D eigenvalue weighted by atomic mass is 16.5. The lowest BCUT2D eigenvalue weighted by molar-refractivity contribution is 0.00602. The van der Waals surface area contributed by atoms with Crippen molar-refractivity contribution in [2.24, 2.45) is 5.92 Å². The maximum absolute atomic E-state index is 5.98. The summed E-state index contributed by atoms with van der Waals surface area (Å²) in [4.78, 5) is 8.81. The molecule has 24 heavy (non-hydrogen) atoms. The van der Waals surface area contributed by atoms with Crippen LogP contribution in [0.1, 0.15) is 69.1 Å². The van der Waals surface area contributed by atoms with E-state index in [4.69, 9.17) is 14.8 Å². The van der Waals surface area contributed by atoms with Crippen molar-refractivity contribution in [2.75, 3.05) is 6.61 Å². The molecule has 7 heteroatoms. The minimum atomic E-state index is 0.0966. The van der Waals surface area contributed by atoms with E-state index in [9.17, 15) is 0 Å². The van der Waals surface area contributed by atoms with Crippen LogP contribution in [-0.2, 0) is 17.8 Å². The molecule has 7 nitrogen and oxygen atoms in total. The summed E-state index contributed by atoms with van der Waals surface area (Å²) in [6, 6.07) is 0. The molecule has 0 spiro atoms. The summed E-state index contributed by atoms with van der Waals surface area (Å²) in [5, 5.41) is 8.96. The van der Waals surface area contributed by atoms with Gasteiger partial charge in [0.25, 0.3) is 0 Å². The van der Waals surface area contributed by atoms with E-state index < -0.39 is 0 Å². The Balaban J connectivity index is 1.54. The van der Waals surface area contributed by atoms with Crippen LogP contribution < -0.4 is 0 Å². The van der Waals surface area contributed by atoms with Crippen LogP contribution >= 0.6 is 0 Å². The number of hydrogen-bond acceptors (Lipinski definition) is 5. The van der Waals surface area contributed by atoms with Gasteiger partial charge in [0.2, 0.25) is 0 Å². The SMILES string of the molecule is c1ncn(Cc2nc(C3CCCCO3)n(CC3CCCCC3)n2)n1. The molecule has 0 bridgehead atoms. The van der Waals surface area contributed by atoms with Gasteiger partial charge in [0.15, 0.2) is 11.6 Å². The Morgan fingerprint density at radius 3 is 2.71 bits per heavy atom. The molecule has 4 rings (SSSR count). The van der Waals surface area contributed by atoms with E-state index in [0.717, 1.165) is 43.6 Å². The van der Waals surface area contributed by atoms with E-state index in [1.807, 2.05) is 0 Å². The largest absolute Gasteiger partial charge is 0.370 e. The average Bonchev–Trinajstić information content (AvgIpc) is 3.27. The van der Waals surface area contributed by atoms with Gasteiger partial charge in [0.05, 0.1) is 0 Å². The highest BCUT2D eigenvalue weighted by Gasteiger charge is 2.25. The third-order valence-electron chi connectivity index (χ3n) is 5.14. The zero-order chi connectivity index (χ0) is 16.2. The Morgan fingerprint density at radius 1 is 1.08 bits per heavy atom. The van der Waals surface area contributed by atoms with E-state index in [1.165, 1.54) is 38.5 Å². The Kier molecular flexibility index (Phi) is 4.87. The lowest BCUT2D eigenvalue weighted by atomic mass is 9.89. The molecule has 0 amide bonds. The van der Waals surface area contributed by atoms with Crippen LogP contribution in [0.5, 0.6) is 0 Å². The van der Waals surface area contributed by atoms with E-state index in [2.05, 4.69) is 14.8 Å². The van der Waals surface area contributed by atoms with Crippen LogP contribution in [0.15, 0.2) is 12.7 Å². The molecule has 0 N–H and O–H groups in total. The lowest BCUT2D eigenvalue weighted by Crippen LogP contribution is -2.21. The number of aromatic nitrogens is 6. The molecular weight excluding hydrogens is 304 g/mol. The Bertz CT molecular complexity index is 626. The van der Waals surface area contributed by atoms with Gasteiger partial charge in [0, 0.05) is 13.2 Å². The molecule has 2 aromatic rings. The third-order valence-corrected chi connectivity index (χ3v) is 5.14. The summed E-state index contributed by atoms with van der Waals surface area (Å²) in [5.74, 6) is 2.54. The maximum atomic E-state index is 5.98. The molecule has 130 valence electrons. The second kappa shape index (κ2) is 7.42.